The fourth-order valence-corrected chi connectivity index (χ4v) is 4.03. The minimum atomic E-state index is -1.35. The molecule has 4 rings (SSSR count). The van der Waals surface area contributed by atoms with Gasteiger partial charge in [-0.2, -0.15) is 9.97 Å². The third-order valence-electron chi connectivity index (χ3n) is 5.93. The Labute approximate surface area is 188 Å². The minimum absolute atomic E-state index is 0.0170. The van der Waals surface area contributed by atoms with Crippen molar-refractivity contribution in [2.45, 2.75) is 50.5 Å². The summed E-state index contributed by atoms with van der Waals surface area (Å²) in [5.74, 6) is -1.000. The molecule has 12 nitrogen and oxygen atoms in total. The Morgan fingerprint density at radius 2 is 1.91 bits per heavy atom. The van der Waals surface area contributed by atoms with Gasteiger partial charge in [0.2, 0.25) is 5.95 Å². The van der Waals surface area contributed by atoms with Crippen LogP contribution in [0.2, 0.25) is 0 Å². The van der Waals surface area contributed by atoms with E-state index in [9.17, 15) is 25.2 Å². The van der Waals surface area contributed by atoms with Crippen LogP contribution in [0.15, 0.2) is 36.7 Å². The van der Waals surface area contributed by atoms with Gasteiger partial charge >= 0.3 is 5.97 Å². The average Bonchev–Trinajstić information content (AvgIpc) is 3.35. The molecule has 6 N–H and O–H groups in total. The molecule has 33 heavy (non-hydrogen) atoms. The summed E-state index contributed by atoms with van der Waals surface area (Å²) in [6.45, 7) is 2.87. The SMILES string of the molecule is CC(C(=O)O)N(c1nc(N)c2ncn([C@@H]3O[C@H](CO)[C@@H](O)[C@H]3O)c2n1)C(C)c1ccccc1. The van der Waals surface area contributed by atoms with Gasteiger partial charge < -0.3 is 35.8 Å². The molecule has 1 aromatic carbocycles. The van der Waals surface area contributed by atoms with Crippen LogP contribution >= 0.6 is 0 Å². The monoisotopic (exact) mass is 458 g/mol. The quantitative estimate of drug-likeness (QED) is 0.323. The highest BCUT2D eigenvalue weighted by molar-refractivity contribution is 5.84. The molecule has 1 aliphatic heterocycles. The number of carboxylic acid groups (broad SMARTS) is 1. The number of hydrogen-bond acceptors (Lipinski definition) is 10. The number of nitrogen functional groups attached to an aromatic ring is 1. The number of carboxylic acids is 1. The number of ether oxygens (including phenoxy) is 1. The number of rotatable bonds is 7. The van der Waals surface area contributed by atoms with E-state index in [4.69, 9.17) is 10.5 Å². The van der Waals surface area contributed by atoms with Crippen LogP contribution < -0.4 is 10.6 Å². The van der Waals surface area contributed by atoms with Gasteiger partial charge in [-0.3, -0.25) is 4.57 Å². The van der Waals surface area contributed by atoms with E-state index < -0.39 is 49.2 Å². The summed E-state index contributed by atoms with van der Waals surface area (Å²) in [6.07, 6.45) is -3.39. The Morgan fingerprint density at radius 1 is 1.21 bits per heavy atom. The van der Waals surface area contributed by atoms with Crippen LogP contribution in [0.5, 0.6) is 0 Å². The van der Waals surface area contributed by atoms with Gasteiger partial charge in [-0.05, 0) is 19.4 Å². The van der Waals surface area contributed by atoms with Gasteiger partial charge in [0, 0.05) is 0 Å². The van der Waals surface area contributed by atoms with Crippen LogP contribution in [0.1, 0.15) is 31.7 Å². The Bertz CT molecular complexity index is 1140. The molecule has 3 aromatic rings. The van der Waals surface area contributed by atoms with E-state index in [0.29, 0.717) is 0 Å². The lowest BCUT2D eigenvalue weighted by Gasteiger charge is -2.33. The smallest absolute Gasteiger partial charge is 0.326 e. The standard InChI is InChI=1S/C21H26N6O6/c1-10(12-6-4-3-5-7-12)27(11(2)20(31)32)21-24-17(22)14-18(25-21)26(9-23-14)19-16(30)15(29)13(8-28)33-19/h3-7,9-11,13,15-16,19,28-30H,8H2,1-2H3,(H,31,32)(H2,22,24,25)/t10?,11?,13-,15-,16-,19-/m1/s1. The second kappa shape index (κ2) is 8.90. The number of nitrogens with two attached hydrogens (primary N) is 1. The van der Waals surface area contributed by atoms with E-state index in [1.165, 1.54) is 22.7 Å². The molecule has 176 valence electrons. The maximum atomic E-state index is 11.9. The number of aliphatic hydroxyl groups is 3. The molecule has 1 saturated heterocycles. The molecule has 12 heteroatoms. The number of aromatic nitrogens is 4. The lowest BCUT2D eigenvalue weighted by molar-refractivity contribution is -0.138. The van der Waals surface area contributed by atoms with Crippen LogP contribution in [0.3, 0.4) is 0 Å². The maximum Gasteiger partial charge on any atom is 0.326 e. The first-order valence-electron chi connectivity index (χ1n) is 10.4. The van der Waals surface area contributed by atoms with E-state index >= 15 is 0 Å². The molecule has 2 unspecified atom stereocenters. The normalized spacial score (nSPS) is 24.6. The highest BCUT2D eigenvalue weighted by Crippen LogP contribution is 2.34. The van der Waals surface area contributed by atoms with Crippen molar-refractivity contribution in [3.05, 3.63) is 42.2 Å². The summed E-state index contributed by atoms with van der Waals surface area (Å²) in [5, 5.41) is 39.7. The maximum absolute atomic E-state index is 11.9. The van der Waals surface area contributed by atoms with Crippen molar-refractivity contribution < 1.29 is 30.0 Å². The zero-order valence-electron chi connectivity index (χ0n) is 18.1. The first-order chi connectivity index (χ1) is 15.7. The number of hydrogen-bond donors (Lipinski definition) is 5. The van der Waals surface area contributed by atoms with Crippen molar-refractivity contribution in [1.82, 2.24) is 19.5 Å². The molecule has 0 bridgehead atoms. The van der Waals surface area contributed by atoms with Crippen molar-refractivity contribution in [2.24, 2.45) is 0 Å². The fraction of sp³-hybridized carbons (Fsp3) is 0.429. The molecule has 0 saturated carbocycles. The van der Waals surface area contributed by atoms with Gasteiger partial charge in [0.15, 0.2) is 17.7 Å². The second-order valence-corrected chi connectivity index (χ2v) is 7.97. The van der Waals surface area contributed by atoms with Gasteiger partial charge in [0.1, 0.15) is 29.9 Å². The lowest BCUT2D eigenvalue weighted by Crippen LogP contribution is -2.42. The molecule has 3 heterocycles. The van der Waals surface area contributed by atoms with Crippen molar-refractivity contribution in [1.29, 1.82) is 0 Å². The topological polar surface area (TPSA) is 180 Å². The van der Waals surface area contributed by atoms with E-state index in [1.54, 1.807) is 0 Å². The zero-order chi connectivity index (χ0) is 23.9. The molecular weight excluding hydrogens is 432 g/mol. The summed E-state index contributed by atoms with van der Waals surface area (Å²) in [5.41, 5.74) is 7.41. The lowest BCUT2D eigenvalue weighted by atomic mass is 10.1. The molecule has 6 atom stereocenters. The first kappa shape index (κ1) is 22.9. The van der Waals surface area contributed by atoms with Gasteiger partial charge in [0.25, 0.3) is 0 Å². The van der Waals surface area contributed by atoms with Gasteiger partial charge in [0.05, 0.1) is 19.0 Å². The van der Waals surface area contributed by atoms with Crippen LogP contribution in [0.25, 0.3) is 11.2 Å². The average molecular weight is 458 g/mol. The number of imidazole rings is 1. The highest BCUT2D eigenvalue weighted by Gasteiger charge is 2.44. The second-order valence-electron chi connectivity index (χ2n) is 7.97. The van der Waals surface area contributed by atoms with Crippen LogP contribution in [-0.4, -0.2) is 76.9 Å². The molecule has 2 aromatic heterocycles. The van der Waals surface area contributed by atoms with Crippen molar-refractivity contribution in [3.8, 4) is 0 Å². The number of anilines is 2. The summed E-state index contributed by atoms with van der Waals surface area (Å²) >= 11 is 0. The largest absolute Gasteiger partial charge is 0.480 e. The molecular formula is C21H26N6O6. The highest BCUT2D eigenvalue weighted by atomic mass is 16.6. The Kier molecular flexibility index (Phi) is 6.17. The minimum Gasteiger partial charge on any atom is -0.480 e. The van der Waals surface area contributed by atoms with Crippen molar-refractivity contribution >= 4 is 28.9 Å². The van der Waals surface area contributed by atoms with Crippen LogP contribution in [0, 0.1) is 0 Å². The van der Waals surface area contributed by atoms with Crippen molar-refractivity contribution in [2.75, 3.05) is 17.2 Å². The van der Waals surface area contributed by atoms with Gasteiger partial charge in [-0.25, -0.2) is 9.78 Å². The molecule has 0 spiro atoms. The van der Waals surface area contributed by atoms with E-state index in [0.717, 1.165) is 5.56 Å². The van der Waals surface area contributed by atoms with Crippen LogP contribution in [0.4, 0.5) is 11.8 Å². The molecule has 0 amide bonds. The Balaban J connectivity index is 1.82. The summed E-state index contributed by atoms with van der Waals surface area (Å²) in [7, 11) is 0. The van der Waals surface area contributed by atoms with Gasteiger partial charge in [-0.15, -0.1) is 0 Å². The fourth-order valence-electron chi connectivity index (χ4n) is 4.03. The predicted octanol–water partition coefficient (Wildman–Crippen LogP) is 0.0607. The number of fused-ring (bicyclic) bond motifs is 1. The molecule has 1 aliphatic rings. The predicted molar refractivity (Wildman–Crippen MR) is 117 cm³/mol. The Hall–Kier alpha value is -3.32. The molecule has 0 aliphatic carbocycles. The van der Waals surface area contributed by atoms with Crippen molar-refractivity contribution in [3.63, 3.8) is 0 Å². The van der Waals surface area contributed by atoms with E-state index in [2.05, 4.69) is 15.0 Å². The van der Waals surface area contributed by atoms with Crippen LogP contribution in [-0.2, 0) is 9.53 Å². The number of nitrogens with zero attached hydrogens (tertiary/aromatic N) is 5. The van der Waals surface area contributed by atoms with E-state index in [-0.39, 0.29) is 22.9 Å². The molecule has 0 radical (unpaired) electrons. The first-order valence-corrected chi connectivity index (χ1v) is 10.4. The summed E-state index contributed by atoms with van der Waals surface area (Å²) < 4.78 is 6.98. The number of aliphatic carboxylic acids is 1. The Morgan fingerprint density at radius 3 is 2.52 bits per heavy atom. The number of carbonyl (C=O) groups is 1. The van der Waals surface area contributed by atoms with E-state index in [1.807, 2.05) is 37.3 Å². The summed E-state index contributed by atoms with van der Waals surface area (Å²) in [4.78, 5) is 26.5. The number of benzene rings is 1. The third kappa shape index (κ3) is 3.97. The van der Waals surface area contributed by atoms with Gasteiger partial charge in [-0.1, -0.05) is 30.3 Å². The third-order valence-corrected chi connectivity index (χ3v) is 5.93. The summed E-state index contributed by atoms with van der Waals surface area (Å²) in [6, 6.07) is 7.90. The number of aliphatic hydroxyl groups excluding tert-OH is 3. The zero-order valence-corrected chi connectivity index (χ0v) is 18.1. The molecule has 1 fully saturated rings.